The number of carbonyl (C=O) groups is 3. The van der Waals surface area contributed by atoms with E-state index in [-0.39, 0.29) is 34.0 Å². The maximum atomic E-state index is 13.2. The molecule has 3 rings (SSSR count). The highest BCUT2D eigenvalue weighted by molar-refractivity contribution is 6.50. The van der Waals surface area contributed by atoms with E-state index < -0.39 is 40.6 Å². The number of Topliss-reactive ketones (excluding diaryl/α,β-unsaturated/α-hetero) is 2. The molecule has 0 bridgehead atoms. The quantitative estimate of drug-likeness (QED) is 0.191. The Labute approximate surface area is 200 Å². The number of hydrogen-bond donors (Lipinski definition) is 4. The number of aliphatic carboxylic acids is 1. The summed E-state index contributed by atoms with van der Waals surface area (Å²) in [5.41, 5.74) is -0.670. The molecule has 7 heteroatoms. The molecule has 0 saturated heterocycles. The maximum absolute atomic E-state index is 13.2. The minimum Gasteiger partial charge on any atom is -0.507 e. The molecular weight excluding hydrogens is 436 g/mol. The lowest BCUT2D eigenvalue weighted by atomic mass is 9.54. The summed E-state index contributed by atoms with van der Waals surface area (Å²) in [6.45, 7) is 8.76. The monoisotopic (exact) mass is 472 g/mol. The SMILES string of the molecule is CC(C)=CCC/C(=C/CC[C@]1(C)C2=C(C(O)=C(C)C(=O)C2=O)[C@@H](O)[C@H]2[C@H]1CCC2(C)O)C(=O)O. The topological polar surface area (TPSA) is 132 Å². The number of ketones is 2. The van der Waals surface area contributed by atoms with Gasteiger partial charge in [0, 0.05) is 33.6 Å². The van der Waals surface area contributed by atoms with Crippen molar-refractivity contribution in [3.05, 3.63) is 45.8 Å². The zero-order valence-electron chi connectivity index (χ0n) is 20.6. The fourth-order valence-corrected chi connectivity index (χ4v) is 6.23. The van der Waals surface area contributed by atoms with E-state index in [1.54, 1.807) is 13.0 Å². The number of fused-ring (bicyclic) bond motifs is 1. The molecule has 5 atom stereocenters. The van der Waals surface area contributed by atoms with Gasteiger partial charge >= 0.3 is 5.97 Å². The van der Waals surface area contributed by atoms with Crippen LogP contribution in [0.15, 0.2) is 45.8 Å². The number of allylic oxidation sites excluding steroid dienone is 5. The van der Waals surface area contributed by atoms with Crippen LogP contribution in [-0.2, 0) is 14.4 Å². The van der Waals surface area contributed by atoms with Crippen LogP contribution in [-0.4, -0.2) is 49.7 Å². The van der Waals surface area contributed by atoms with E-state index in [2.05, 4.69) is 0 Å². The second kappa shape index (κ2) is 9.27. The molecule has 4 N–H and O–H groups in total. The van der Waals surface area contributed by atoms with E-state index in [0.29, 0.717) is 38.5 Å². The van der Waals surface area contributed by atoms with Crippen LogP contribution in [0.25, 0.3) is 0 Å². The molecule has 7 nitrogen and oxygen atoms in total. The van der Waals surface area contributed by atoms with Gasteiger partial charge in [-0.2, -0.15) is 0 Å². The van der Waals surface area contributed by atoms with E-state index in [1.165, 1.54) is 6.92 Å². The predicted molar refractivity (Wildman–Crippen MR) is 127 cm³/mol. The second-order valence-corrected chi connectivity index (χ2v) is 10.7. The Bertz CT molecular complexity index is 1040. The van der Waals surface area contributed by atoms with Gasteiger partial charge in [-0.3, -0.25) is 9.59 Å². The Hall–Kier alpha value is -2.51. The summed E-state index contributed by atoms with van der Waals surface area (Å²) in [4.78, 5) is 37.6. The summed E-state index contributed by atoms with van der Waals surface area (Å²) in [5, 5.41) is 42.7. The Morgan fingerprint density at radius 3 is 2.35 bits per heavy atom. The van der Waals surface area contributed by atoms with Crippen LogP contribution in [0.4, 0.5) is 0 Å². The predicted octanol–water partition coefficient (Wildman–Crippen LogP) is 3.96. The summed E-state index contributed by atoms with van der Waals surface area (Å²) in [7, 11) is 0. The highest BCUT2D eigenvalue weighted by atomic mass is 16.4. The Morgan fingerprint density at radius 1 is 1.12 bits per heavy atom. The van der Waals surface area contributed by atoms with Crippen molar-refractivity contribution in [1.82, 2.24) is 0 Å². The number of carbonyl (C=O) groups excluding carboxylic acids is 2. The molecule has 0 radical (unpaired) electrons. The van der Waals surface area contributed by atoms with Crippen LogP contribution in [0.2, 0.25) is 0 Å². The number of aliphatic hydroxyl groups excluding tert-OH is 2. The third-order valence-electron chi connectivity index (χ3n) is 8.09. The maximum Gasteiger partial charge on any atom is 0.331 e. The van der Waals surface area contributed by atoms with Crippen molar-refractivity contribution in [3.63, 3.8) is 0 Å². The van der Waals surface area contributed by atoms with Gasteiger partial charge in [0.2, 0.25) is 11.6 Å². The molecule has 34 heavy (non-hydrogen) atoms. The highest BCUT2D eigenvalue weighted by Gasteiger charge is 2.62. The van der Waals surface area contributed by atoms with Crippen LogP contribution < -0.4 is 0 Å². The van der Waals surface area contributed by atoms with E-state index in [1.807, 2.05) is 26.8 Å². The van der Waals surface area contributed by atoms with Crippen LogP contribution in [0.3, 0.4) is 0 Å². The Balaban J connectivity index is 2.03. The smallest absolute Gasteiger partial charge is 0.331 e. The summed E-state index contributed by atoms with van der Waals surface area (Å²) >= 11 is 0. The lowest BCUT2D eigenvalue weighted by Gasteiger charge is -2.50. The molecule has 0 amide bonds. The van der Waals surface area contributed by atoms with Crippen molar-refractivity contribution >= 4 is 17.5 Å². The average molecular weight is 473 g/mol. The van der Waals surface area contributed by atoms with Crippen molar-refractivity contribution in [2.45, 2.75) is 84.8 Å². The molecule has 1 unspecified atom stereocenters. The third kappa shape index (κ3) is 4.31. The fraction of sp³-hybridized carbons (Fsp3) is 0.593. The molecular formula is C27H36O7. The number of hydrogen-bond acceptors (Lipinski definition) is 6. The van der Waals surface area contributed by atoms with Crippen LogP contribution in [0.1, 0.15) is 73.1 Å². The lowest BCUT2D eigenvalue weighted by molar-refractivity contribution is -0.135. The molecule has 0 aromatic rings. The summed E-state index contributed by atoms with van der Waals surface area (Å²) in [6.07, 6.45) is 5.01. The molecule has 1 saturated carbocycles. The average Bonchev–Trinajstić information content (AvgIpc) is 3.07. The fourth-order valence-electron chi connectivity index (χ4n) is 6.23. The first-order valence-corrected chi connectivity index (χ1v) is 11.9. The molecule has 3 aliphatic carbocycles. The minimum absolute atomic E-state index is 0.0408. The lowest BCUT2D eigenvalue weighted by Crippen LogP contribution is -2.53. The van der Waals surface area contributed by atoms with Gasteiger partial charge < -0.3 is 20.4 Å². The largest absolute Gasteiger partial charge is 0.507 e. The molecule has 0 aliphatic heterocycles. The molecule has 0 spiro atoms. The van der Waals surface area contributed by atoms with Gasteiger partial charge in [-0.1, -0.05) is 24.6 Å². The van der Waals surface area contributed by atoms with Crippen molar-refractivity contribution in [1.29, 1.82) is 0 Å². The van der Waals surface area contributed by atoms with E-state index in [9.17, 15) is 34.8 Å². The molecule has 0 aromatic heterocycles. The summed E-state index contributed by atoms with van der Waals surface area (Å²) in [6, 6.07) is 0. The van der Waals surface area contributed by atoms with E-state index in [0.717, 1.165) is 5.57 Å². The number of carboxylic acids is 1. The first-order chi connectivity index (χ1) is 15.7. The number of carboxylic acid groups (broad SMARTS) is 1. The van der Waals surface area contributed by atoms with Crippen LogP contribution in [0, 0.1) is 17.3 Å². The van der Waals surface area contributed by atoms with Gasteiger partial charge in [0.15, 0.2) is 0 Å². The zero-order chi connectivity index (χ0) is 25.6. The third-order valence-corrected chi connectivity index (χ3v) is 8.09. The van der Waals surface area contributed by atoms with Gasteiger partial charge in [0.25, 0.3) is 0 Å². The van der Waals surface area contributed by atoms with Crippen LogP contribution in [0.5, 0.6) is 0 Å². The molecule has 3 aliphatic rings. The van der Waals surface area contributed by atoms with Crippen molar-refractivity contribution in [2.24, 2.45) is 17.3 Å². The van der Waals surface area contributed by atoms with Crippen molar-refractivity contribution in [3.8, 4) is 0 Å². The molecule has 1 fully saturated rings. The molecule has 0 aromatic carbocycles. The summed E-state index contributed by atoms with van der Waals surface area (Å²) < 4.78 is 0. The van der Waals surface area contributed by atoms with Gasteiger partial charge in [0.05, 0.1) is 11.7 Å². The van der Waals surface area contributed by atoms with E-state index >= 15 is 0 Å². The Morgan fingerprint density at radius 2 is 1.76 bits per heavy atom. The second-order valence-electron chi connectivity index (χ2n) is 10.7. The van der Waals surface area contributed by atoms with Crippen LogP contribution >= 0.6 is 0 Å². The number of rotatable bonds is 7. The van der Waals surface area contributed by atoms with Crippen molar-refractivity contribution < 1.29 is 34.8 Å². The first kappa shape index (κ1) is 26.1. The zero-order valence-corrected chi connectivity index (χ0v) is 20.6. The Kier molecular flexibility index (Phi) is 7.11. The summed E-state index contributed by atoms with van der Waals surface area (Å²) in [5.74, 6) is -3.82. The number of aliphatic hydroxyl groups is 3. The highest BCUT2D eigenvalue weighted by Crippen LogP contribution is 2.61. The minimum atomic E-state index is -1.27. The van der Waals surface area contributed by atoms with Gasteiger partial charge in [-0.25, -0.2) is 4.79 Å². The normalized spacial score (nSPS) is 33.7. The molecule has 0 heterocycles. The standard InChI is InChI=1S/C27H36O7/c1-14(2)8-6-9-16(25(32)33)10-7-12-26(4)17-11-13-27(5,34)19(17)23(30)18-20(26)24(31)22(29)15(3)21(18)28/h8,10,17,19,23,28,30,34H,6-7,9,11-13H2,1-5H3,(H,32,33)/b16-10-/t17-,19-,23-,26+,27?/m1/s1. The van der Waals surface area contributed by atoms with Gasteiger partial charge in [0.1, 0.15) is 5.76 Å². The van der Waals surface area contributed by atoms with Gasteiger partial charge in [-0.15, -0.1) is 0 Å². The van der Waals surface area contributed by atoms with E-state index in [4.69, 9.17) is 0 Å². The first-order valence-electron chi connectivity index (χ1n) is 11.9. The molecule has 186 valence electrons. The van der Waals surface area contributed by atoms with Crippen molar-refractivity contribution in [2.75, 3.05) is 0 Å². The van der Waals surface area contributed by atoms with Gasteiger partial charge in [-0.05, 0) is 72.1 Å².